The molecule has 0 aliphatic carbocycles. The molecule has 1 fully saturated rings. The number of benzene rings is 1. The van der Waals surface area contributed by atoms with Crippen LogP contribution in [-0.4, -0.2) is 53.6 Å². The van der Waals surface area contributed by atoms with E-state index in [0.29, 0.717) is 35.8 Å². The van der Waals surface area contributed by atoms with Gasteiger partial charge in [0.2, 0.25) is 5.95 Å². The van der Waals surface area contributed by atoms with Gasteiger partial charge in [-0.25, -0.2) is 4.98 Å². The maximum atomic E-state index is 13.2. The third kappa shape index (κ3) is 4.30. The number of alkyl halides is 3. The Balaban J connectivity index is 1.66. The van der Waals surface area contributed by atoms with Crippen molar-refractivity contribution < 1.29 is 27.4 Å². The first kappa shape index (κ1) is 21.0. The predicted molar refractivity (Wildman–Crippen MR) is 107 cm³/mol. The number of anilines is 3. The van der Waals surface area contributed by atoms with Crippen molar-refractivity contribution in [2.45, 2.75) is 25.9 Å². The first-order valence-corrected chi connectivity index (χ1v) is 10.1. The minimum Gasteiger partial charge on any atom is -0.485 e. The maximum absolute atomic E-state index is 13.2. The molecule has 4 rings (SSSR count). The largest absolute Gasteiger partial charge is 0.485 e. The highest BCUT2D eigenvalue weighted by Crippen LogP contribution is 2.42. The van der Waals surface area contributed by atoms with Crippen LogP contribution >= 0.6 is 0 Å². The third-order valence-electron chi connectivity index (χ3n) is 5.00. The van der Waals surface area contributed by atoms with Crippen LogP contribution in [0.4, 0.5) is 30.6 Å². The highest BCUT2D eigenvalue weighted by atomic mass is 19.4. The summed E-state index contributed by atoms with van der Waals surface area (Å²) in [6.45, 7) is 3.89. The van der Waals surface area contributed by atoms with Gasteiger partial charge in [-0.1, -0.05) is 0 Å². The van der Waals surface area contributed by atoms with E-state index in [1.54, 1.807) is 24.0 Å². The predicted octanol–water partition coefficient (Wildman–Crippen LogP) is 3.68. The summed E-state index contributed by atoms with van der Waals surface area (Å²) in [6, 6.07) is 3.23. The van der Waals surface area contributed by atoms with Crippen molar-refractivity contribution >= 4 is 23.4 Å². The average Bonchev–Trinajstić information content (AvgIpc) is 3.28. The van der Waals surface area contributed by atoms with Gasteiger partial charge in [0.1, 0.15) is 24.6 Å². The molecular formula is C20H22F3N5O3. The normalized spacial score (nSPS) is 15.7. The third-order valence-corrected chi connectivity index (χ3v) is 5.00. The summed E-state index contributed by atoms with van der Waals surface area (Å²) in [5, 5.41) is 5.49. The zero-order valence-corrected chi connectivity index (χ0v) is 16.9. The molecule has 1 aromatic heterocycles. The van der Waals surface area contributed by atoms with Crippen LogP contribution in [0.2, 0.25) is 0 Å². The smallest absolute Gasteiger partial charge is 0.421 e. The number of nitrogens with zero attached hydrogens (tertiary/aromatic N) is 3. The van der Waals surface area contributed by atoms with Gasteiger partial charge in [0, 0.05) is 25.8 Å². The molecule has 166 valence electrons. The lowest BCUT2D eigenvalue weighted by Crippen LogP contribution is -2.29. The molecule has 0 bridgehead atoms. The lowest BCUT2D eigenvalue weighted by molar-refractivity contribution is -0.137. The second-order valence-corrected chi connectivity index (χ2v) is 7.12. The zero-order valence-electron chi connectivity index (χ0n) is 16.9. The minimum atomic E-state index is -4.58. The fraction of sp³-hybridized carbons (Fsp3) is 0.450. The van der Waals surface area contributed by atoms with Crippen LogP contribution in [0.3, 0.4) is 0 Å². The van der Waals surface area contributed by atoms with E-state index in [9.17, 15) is 18.0 Å². The summed E-state index contributed by atoms with van der Waals surface area (Å²) in [7, 11) is 0. The van der Waals surface area contributed by atoms with Crippen LogP contribution in [0.15, 0.2) is 18.3 Å². The van der Waals surface area contributed by atoms with Gasteiger partial charge >= 0.3 is 6.18 Å². The van der Waals surface area contributed by atoms with Crippen molar-refractivity contribution in [2.75, 3.05) is 43.5 Å². The number of nitrogens with one attached hydrogen (secondary N) is 2. The van der Waals surface area contributed by atoms with Gasteiger partial charge in [-0.3, -0.25) is 4.79 Å². The molecule has 1 saturated heterocycles. The number of hydrogen-bond donors (Lipinski definition) is 2. The maximum Gasteiger partial charge on any atom is 0.421 e. The molecule has 0 radical (unpaired) electrons. The highest BCUT2D eigenvalue weighted by molar-refractivity contribution is 5.99. The molecule has 2 aliphatic rings. The summed E-state index contributed by atoms with van der Waals surface area (Å²) in [4.78, 5) is 22.4. The van der Waals surface area contributed by atoms with Gasteiger partial charge in [-0.15, -0.1) is 0 Å². The Hall–Kier alpha value is -3.24. The van der Waals surface area contributed by atoms with Crippen molar-refractivity contribution in [3.63, 3.8) is 0 Å². The van der Waals surface area contributed by atoms with Crippen LogP contribution in [0.1, 0.15) is 35.7 Å². The van der Waals surface area contributed by atoms with Crippen LogP contribution in [-0.2, 0) is 6.18 Å². The zero-order chi connectivity index (χ0) is 22.0. The first-order chi connectivity index (χ1) is 14.9. The van der Waals surface area contributed by atoms with E-state index in [1.807, 2.05) is 0 Å². The molecule has 11 heteroatoms. The molecule has 0 atom stereocenters. The van der Waals surface area contributed by atoms with Crippen molar-refractivity contribution in [2.24, 2.45) is 0 Å². The van der Waals surface area contributed by atoms with Gasteiger partial charge in [0.05, 0.1) is 11.3 Å². The van der Waals surface area contributed by atoms with Gasteiger partial charge in [-0.05, 0) is 31.9 Å². The number of hydrogen-bond acceptors (Lipinski definition) is 7. The lowest BCUT2D eigenvalue weighted by Gasteiger charge is -2.25. The van der Waals surface area contributed by atoms with Crippen LogP contribution in [0.5, 0.6) is 11.5 Å². The Morgan fingerprint density at radius 1 is 1.16 bits per heavy atom. The van der Waals surface area contributed by atoms with Crippen molar-refractivity contribution in [3.05, 3.63) is 29.5 Å². The molecule has 1 aromatic carbocycles. The van der Waals surface area contributed by atoms with Crippen molar-refractivity contribution in [1.82, 2.24) is 14.9 Å². The molecule has 8 nitrogen and oxygen atoms in total. The Kier molecular flexibility index (Phi) is 5.75. The summed E-state index contributed by atoms with van der Waals surface area (Å²) >= 11 is 0. The van der Waals surface area contributed by atoms with Gasteiger partial charge in [0.25, 0.3) is 5.91 Å². The second kappa shape index (κ2) is 8.48. The van der Waals surface area contributed by atoms with Gasteiger partial charge in [0.15, 0.2) is 11.5 Å². The summed E-state index contributed by atoms with van der Waals surface area (Å²) < 4.78 is 51.0. The van der Waals surface area contributed by atoms with Gasteiger partial charge < -0.3 is 25.0 Å². The number of halogens is 3. The molecule has 0 saturated carbocycles. The first-order valence-electron chi connectivity index (χ1n) is 10.1. The molecule has 0 unspecified atom stereocenters. The Morgan fingerprint density at radius 3 is 2.55 bits per heavy atom. The second-order valence-electron chi connectivity index (χ2n) is 7.12. The number of likely N-dealkylation sites (tertiary alicyclic amines) is 1. The summed E-state index contributed by atoms with van der Waals surface area (Å²) in [5.74, 6) is 0.126. The standard InChI is InChI=1S/C20H22F3N5O3/c1-2-24-17-13(20(21,22)23)11-25-19(27-17)26-14-6-5-12(15-16(14)31-10-9-30-15)18(29)28-7-3-4-8-28/h5-6,11H,2-4,7-10H2,1H3,(H2,24,25,26,27). The van der Waals surface area contributed by atoms with Crippen LogP contribution in [0.25, 0.3) is 0 Å². The summed E-state index contributed by atoms with van der Waals surface area (Å²) in [5.41, 5.74) is -0.160. The van der Waals surface area contributed by atoms with E-state index in [4.69, 9.17) is 9.47 Å². The Labute approximate surface area is 176 Å². The van der Waals surface area contributed by atoms with E-state index in [-0.39, 0.29) is 37.4 Å². The SMILES string of the molecule is CCNc1nc(Nc2ccc(C(=O)N3CCCC3)c3c2OCCO3)ncc1C(F)(F)F. The number of rotatable bonds is 5. The number of carbonyl (C=O) groups excluding carboxylic acids is 1. The Morgan fingerprint density at radius 2 is 1.87 bits per heavy atom. The fourth-order valence-corrected chi connectivity index (χ4v) is 3.57. The molecule has 3 heterocycles. The van der Waals surface area contributed by atoms with E-state index in [1.165, 1.54) is 0 Å². The molecule has 2 N–H and O–H groups in total. The lowest BCUT2D eigenvalue weighted by atomic mass is 10.1. The van der Waals surface area contributed by atoms with E-state index >= 15 is 0 Å². The van der Waals surface area contributed by atoms with E-state index in [0.717, 1.165) is 19.0 Å². The summed E-state index contributed by atoms with van der Waals surface area (Å²) in [6.07, 6.45) is -1.93. The van der Waals surface area contributed by atoms with E-state index < -0.39 is 11.7 Å². The molecule has 0 spiro atoms. The average molecular weight is 437 g/mol. The van der Waals surface area contributed by atoms with Gasteiger partial charge in [-0.2, -0.15) is 18.2 Å². The van der Waals surface area contributed by atoms with Crippen molar-refractivity contribution in [3.8, 4) is 11.5 Å². The number of fused-ring (bicyclic) bond motifs is 1. The molecule has 1 amide bonds. The fourth-order valence-electron chi connectivity index (χ4n) is 3.57. The quantitative estimate of drug-likeness (QED) is 0.738. The molecular weight excluding hydrogens is 415 g/mol. The number of ether oxygens (including phenoxy) is 2. The monoisotopic (exact) mass is 437 g/mol. The Bertz CT molecular complexity index is 977. The number of carbonyl (C=O) groups is 1. The van der Waals surface area contributed by atoms with Crippen molar-refractivity contribution in [1.29, 1.82) is 0 Å². The minimum absolute atomic E-state index is 0.0426. The number of amides is 1. The number of aromatic nitrogens is 2. The van der Waals surface area contributed by atoms with E-state index in [2.05, 4.69) is 20.6 Å². The molecule has 2 aliphatic heterocycles. The molecule has 2 aromatic rings. The highest BCUT2D eigenvalue weighted by Gasteiger charge is 2.35. The molecule has 31 heavy (non-hydrogen) atoms. The van der Waals surface area contributed by atoms with Crippen LogP contribution < -0.4 is 20.1 Å². The van der Waals surface area contributed by atoms with Crippen LogP contribution in [0, 0.1) is 0 Å². The topological polar surface area (TPSA) is 88.6 Å².